The summed E-state index contributed by atoms with van der Waals surface area (Å²) >= 11 is 1.21. The van der Waals surface area contributed by atoms with E-state index in [0.29, 0.717) is 35.4 Å². The van der Waals surface area contributed by atoms with Gasteiger partial charge in [0.2, 0.25) is 5.91 Å². The van der Waals surface area contributed by atoms with E-state index in [0.717, 1.165) is 11.3 Å². The quantitative estimate of drug-likeness (QED) is 0.341. The molecule has 3 rings (SSSR count). The number of hydrogen-bond donors (Lipinski definition) is 2. The van der Waals surface area contributed by atoms with Gasteiger partial charge in [0.15, 0.2) is 11.0 Å². The lowest BCUT2D eigenvalue weighted by Gasteiger charge is -2.10. The van der Waals surface area contributed by atoms with Crippen molar-refractivity contribution < 1.29 is 23.8 Å². The fourth-order valence-electron chi connectivity index (χ4n) is 2.84. The number of hydrazine groups is 1. The summed E-state index contributed by atoms with van der Waals surface area (Å²) in [5, 5.41) is 9.08. The third kappa shape index (κ3) is 6.46. The van der Waals surface area contributed by atoms with Crippen LogP contribution in [0.25, 0.3) is 11.4 Å². The van der Waals surface area contributed by atoms with Crippen molar-refractivity contribution in [1.82, 2.24) is 25.6 Å². The third-order valence-electron chi connectivity index (χ3n) is 4.58. The number of methoxy groups -OCH3 is 3. The Morgan fingerprint density at radius 1 is 0.909 bits per heavy atom. The molecule has 2 N–H and O–H groups in total. The van der Waals surface area contributed by atoms with Crippen LogP contribution in [0.5, 0.6) is 11.5 Å². The molecule has 33 heavy (non-hydrogen) atoms. The van der Waals surface area contributed by atoms with Crippen LogP contribution in [-0.4, -0.2) is 60.3 Å². The summed E-state index contributed by atoms with van der Waals surface area (Å²) < 4.78 is 17.4. The molecule has 0 unspecified atom stereocenters. The SMILES string of the molecule is COCCn1c(SCC(=O)NNC(=O)c2ccc(OC)cc2)nnc1-c1ccc(OC)cc1. The molecule has 0 aliphatic rings. The summed E-state index contributed by atoms with van der Waals surface area (Å²) in [4.78, 5) is 24.4. The molecule has 0 fully saturated rings. The van der Waals surface area contributed by atoms with Gasteiger partial charge in [-0.15, -0.1) is 10.2 Å². The Hall–Kier alpha value is -3.57. The smallest absolute Gasteiger partial charge is 0.269 e. The molecule has 1 heterocycles. The van der Waals surface area contributed by atoms with Crippen LogP contribution in [0.2, 0.25) is 0 Å². The van der Waals surface area contributed by atoms with Crippen molar-refractivity contribution in [3.05, 3.63) is 54.1 Å². The molecular formula is C22H25N5O5S. The fourth-order valence-corrected chi connectivity index (χ4v) is 3.60. The lowest BCUT2D eigenvalue weighted by atomic mass is 10.2. The largest absolute Gasteiger partial charge is 0.497 e. The number of nitrogens with zero attached hydrogens (tertiary/aromatic N) is 3. The number of amides is 2. The number of thioether (sulfide) groups is 1. The highest BCUT2D eigenvalue weighted by atomic mass is 32.2. The van der Waals surface area contributed by atoms with E-state index in [-0.39, 0.29) is 11.7 Å². The van der Waals surface area contributed by atoms with Gasteiger partial charge in [-0.1, -0.05) is 11.8 Å². The van der Waals surface area contributed by atoms with Crippen molar-refractivity contribution in [3.8, 4) is 22.9 Å². The Morgan fingerprint density at radius 2 is 1.55 bits per heavy atom. The first-order valence-electron chi connectivity index (χ1n) is 9.98. The monoisotopic (exact) mass is 471 g/mol. The summed E-state index contributed by atoms with van der Waals surface area (Å²) in [6.07, 6.45) is 0. The number of nitrogens with one attached hydrogen (secondary N) is 2. The van der Waals surface area contributed by atoms with Gasteiger partial charge in [0.25, 0.3) is 5.91 Å². The Labute approximate surface area is 195 Å². The van der Waals surface area contributed by atoms with Crippen LogP contribution in [0.1, 0.15) is 10.4 Å². The molecule has 11 heteroatoms. The molecule has 174 valence electrons. The number of carbonyl (C=O) groups is 2. The number of rotatable bonds is 10. The molecule has 0 saturated heterocycles. The molecule has 0 spiro atoms. The van der Waals surface area contributed by atoms with Crippen LogP contribution in [0.3, 0.4) is 0 Å². The zero-order chi connectivity index (χ0) is 23.6. The first-order valence-corrected chi connectivity index (χ1v) is 11.0. The molecule has 10 nitrogen and oxygen atoms in total. The normalized spacial score (nSPS) is 10.5. The molecule has 0 aliphatic carbocycles. The maximum absolute atomic E-state index is 12.3. The molecular weight excluding hydrogens is 446 g/mol. The van der Waals surface area contributed by atoms with Crippen molar-refractivity contribution in [2.75, 3.05) is 33.7 Å². The average molecular weight is 472 g/mol. The van der Waals surface area contributed by atoms with Gasteiger partial charge in [0.1, 0.15) is 11.5 Å². The predicted octanol–water partition coefficient (Wildman–Crippen LogP) is 2.16. The Morgan fingerprint density at radius 3 is 2.15 bits per heavy atom. The standard InChI is InChI=1S/C22H25N5O5S/c1-30-13-12-27-20(15-4-8-17(31-2)9-5-15)24-26-22(27)33-14-19(28)23-25-21(29)16-6-10-18(32-3)11-7-16/h4-11H,12-14H2,1-3H3,(H,23,28)(H,25,29). The molecule has 0 radical (unpaired) electrons. The fraction of sp³-hybridized carbons (Fsp3) is 0.273. The van der Waals surface area contributed by atoms with Gasteiger partial charge in [-0.25, -0.2) is 0 Å². The minimum atomic E-state index is -0.430. The van der Waals surface area contributed by atoms with Crippen LogP contribution >= 0.6 is 11.8 Å². The summed E-state index contributed by atoms with van der Waals surface area (Å²) in [6.45, 7) is 0.974. The van der Waals surface area contributed by atoms with E-state index in [4.69, 9.17) is 14.2 Å². The Balaban J connectivity index is 1.60. The predicted molar refractivity (Wildman–Crippen MR) is 123 cm³/mol. The van der Waals surface area contributed by atoms with E-state index in [1.54, 1.807) is 45.6 Å². The maximum Gasteiger partial charge on any atom is 0.269 e. The van der Waals surface area contributed by atoms with Crippen molar-refractivity contribution in [1.29, 1.82) is 0 Å². The molecule has 0 bridgehead atoms. The van der Waals surface area contributed by atoms with E-state index in [1.807, 2.05) is 28.8 Å². The first kappa shape index (κ1) is 24.1. The van der Waals surface area contributed by atoms with Gasteiger partial charge in [0.05, 0.1) is 33.1 Å². The lowest BCUT2D eigenvalue weighted by Crippen LogP contribution is -2.42. The van der Waals surface area contributed by atoms with Crippen LogP contribution < -0.4 is 20.3 Å². The number of benzene rings is 2. The zero-order valence-corrected chi connectivity index (χ0v) is 19.3. The van der Waals surface area contributed by atoms with Crippen LogP contribution in [-0.2, 0) is 16.1 Å². The van der Waals surface area contributed by atoms with E-state index in [1.165, 1.54) is 11.8 Å². The molecule has 2 amide bonds. The van der Waals surface area contributed by atoms with Crippen molar-refractivity contribution in [3.63, 3.8) is 0 Å². The first-order chi connectivity index (χ1) is 16.0. The van der Waals surface area contributed by atoms with E-state index in [2.05, 4.69) is 21.0 Å². The average Bonchev–Trinajstić information content (AvgIpc) is 3.27. The van der Waals surface area contributed by atoms with Crippen molar-refractivity contribution >= 4 is 23.6 Å². The Kier molecular flexibility index (Phi) is 8.67. The minimum Gasteiger partial charge on any atom is -0.497 e. The second kappa shape index (κ2) is 11.9. The van der Waals surface area contributed by atoms with E-state index < -0.39 is 5.91 Å². The summed E-state index contributed by atoms with van der Waals surface area (Å²) in [6, 6.07) is 14.0. The van der Waals surface area contributed by atoms with E-state index in [9.17, 15) is 9.59 Å². The molecule has 0 atom stereocenters. The molecule has 2 aromatic carbocycles. The minimum absolute atomic E-state index is 0.0383. The molecule has 1 aromatic heterocycles. The lowest BCUT2D eigenvalue weighted by molar-refractivity contribution is -0.119. The highest BCUT2D eigenvalue weighted by molar-refractivity contribution is 7.99. The maximum atomic E-state index is 12.3. The number of aromatic nitrogens is 3. The zero-order valence-electron chi connectivity index (χ0n) is 18.5. The van der Waals surface area contributed by atoms with E-state index >= 15 is 0 Å². The third-order valence-corrected chi connectivity index (χ3v) is 5.55. The van der Waals surface area contributed by atoms with Gasteiger partial charge < -0.3 is 14.2 Å². The van der Waals surface area contributed by atoms with Gasteiger partial charge >= 0.3 is 0 Å². The highest BCUT2D eigenvalue weighted by Crippen LogP contribution is 2.25. The Bertz CT molecular complexity index is 1070. The van der Waals surface area contributed by atoms with Crippen LogP contribution in [0.4, 0.5) is 0 Å². The van der Waals surface area contributed by atoms with Gasteiger partial charge in [-0.3, -0.25) is 25.0 Å². The van der Waals surface area contributed by atoms with Gasteiger partial charge in [-0.2, -0.15) is 0 Å². The summed E-state index contributed by atoms with van der Waals surface area (Å²) in [5.41, 5.74) is 6.06. The number of ether oxygens (including phenoxy) is 3. The molecule has 0 aliphatic heterocycles. The van der Waals surface area contributed by atoms with Crippen LogP contribution in [0, 0.1) is 0 Å². The van der Waals surface area contributed by atoms with Crippen molar-refractivity contribution in [2.45, 2.75) is 11.7 Å². The summed E-state index contributed by atoms with van der Waals surface area (Å²) in [7, 11) is 4.77. The summed E-state index contributed by atoms with van der Waals surface area (Å²) in [5.74, 6) is 1.26. The second-order valence-electron chi connectivity index (χ2n) is 6.70. The van der Waals surface area contributed by atoms with Crippen LogP contribution in [0.15, 0.2) is 53.7 Å². The topological polar surface area (TPSA) is 117 Å². The molecule has 0 saturated carbocycles. The van der Waals surface area contributed by atoms with Gasteiger partial charge in [-0.05, 0) is 48.5 Å². The number of hydrogen-bond acceptors (Lipinski definition) is 8. The van der Waals surface area contributed by atoms with Crippen molar-refractivity contribution in [2.24, 2.45) is 0 Å². The van der Waals surface area contributed by atoms with Gasteiger partial charge in [0, 0.05) is 18.2 Å². The molecule has 3 aromatic rings. The number of carbonyl (C=O) groups excluding carboxylic acids is 2. The highest BCUT2D eigenvalue weighted by Gasteiger charge is 2.16. The second-order valence-corrected chi connectivity index (χ2v) is 7.64.